The third kappa shape index (κ3) is 6.84. The average Bonchev–Trinajstić information content (AvgIpc) is 2.94. The summed E-state index contributed by atoms with van der Waals surface area (Å²) >= 11 is 0. The minimum absolute atomic E-state index is 0.00819. The molecule has 206 valence electrons. The number of likely N-dealkylation sites (N-methyl/N-ethyl adjacent to an activating group) is 1. The summed E-state index contributed by atoms with van der Waals surface area (Å²) in [6.07, 6.45) is 7.51. The first-order valence-corrected chi connectivity index (χ1v) is 13.9. The van der Waals surface area contributed by atoms with E-state index in [1.54, 1.807) is 0 Å². The van der Waals surface area contributed by atoms with Crippen molar-refractivity contribution < 1.29 is 4.79 Å². The van der Waals surface area contributed by atoms with Gasteiger partial charge in [0.1, 0.15) is 17.3 Å². The van der Waals surface area contributed by atoms with Crippen molar-refractivity contribution in [1.29, 1.82) is 0 Å². The lowest BCUT2D eigenvalue weighted by atomic mass is 9.88. The van der Waals surface area contributed by atoms with E-state index in [2.05, 4.69) is 74.2 Å². The molecule has 9 heteroatoms. The summed E-state index contributed by atoms with van der Waals surface area (Å²) in [6, 6.07) is 12.1. The molecule has 1 amide bonds. The second-order valence-corrected chi connectivity index (χ2v) is 11.7. The zero-order valence-corrected chi connectivity index (χ0v) is 23.5. The molecule has 0 aliphatic carbocycles. The van der Waals surface area contributed by atoms with Gasteiger partial charge in [-0.05, 0) is 55.1 Å². The van der Waals surface area contributed by atoms with Gasteiger partial charge in [0.25, 0.3) is 5.91 Å². The highest BCUT2D eigenvalue weighted by Gasteiger charge is 2.23. The maximum Gasteiger partial charge on any atom is 0.270 e. The summed E-state index contributed by atoms with van der Waals surface area (Å²) in [5.41, 5.74) is 3.81. The molecule has 3 aromatic heterocycles. The lowest BCUT2D eigenvalue weighted by molar-refractivity contribution is 0.0928. The molecule has 0 saturated carbocycles. The van der Waals surface area contributed by atoms with E-state index in [1.165, 1.54) is 0 Å². The molecule has 0 radical (unpaired) electrons. The van der Waals surface area contributed by atoms with Gasteiger partial charge >= 0.3 is 0 Å². The quantitative estimate of drug-likeness (QED) is 0.495. The van der Waals surface area contributed by atoms with E-state index in [9.17, 15) is 4.79 Å². The van der Waals surface area contributed by atoms with Crippen molar-refractivity contribution in [3.8, 4) is 0 Å². The number of anilines is 4. The maximum absolute atomic E-state index is 12.9. The van der Waals surface area contributed by atoms with E-state index >= 15 is 0 Å². The molecule has 39 heavy (non-hydrogen) atoms. The van der Waals surface area contributed by atoms with Crippen LogP contribution >= 0.6 is 0 Å². The Morgan fingerprint density at radius 3 is 2.38 bits per heavy atom. The van der Waals surface area contributed by atoms with E-state index in [0.29, 0.717) is 5.69 Å². The van der Waals surface area contributed by atoms with E-state index in [-0.39, 0.29) is 17.4 Å². The first-order chi connectivity index (χ1) is 18.7. The molecule has 1 unspecified atom stereocenters. The molecule has 2 aliphatic rings. The van der Waals surface area contributed by atoms with Crippen LogP contribution in [0.5, 0.6) is 0 Å². The van der Waals surface area contributed by atoms with Crippen molar-refractivity contribution in [2.45, 2.75) is 45.1 Å². The minimum atomic E-state index is -0.120. The van der Waals surface area contributed by atoms with Crippen molar-refractivity contribution in [3.63, 3.8) is 0 Å². The summed E-state index contributed by atoms with van der Waals surface area (Å²) in [7, 11) is 2.16. The number of nitrogens with zero attached hydrogens (tertiary/aromatic N) is 6. The third-order valence-corrected chi connectivity index (χ3v) is 7.60. The number of aromatic nitrogens is 3. The number of hydrogen-bond donors (Lipinski definition) is 2. The van der Waals surface area contributed by atoms with Crippen LogP contribution < -0.4 is 20.4 Å². The molecular formula is C30H40N8O. The van der Waals surface area contributed by atoms with Crippen LogP contribution in [0.3, 0.4) is 0 Å². The fourth-order valence-electron chi connectivity index (χ4n) is 5.09. The second-order valence-electron chi connectivity index (χ2n) is 11.7. The molecule has 2 N–H and O–H groups in total. The van der Waals surface area contributed by atoms with Gasteiger partial charge in [-0.25, -0.2) is 9.97 Å². The fourth-order valence-corrected chi connectivity index (χ4v) is 5.09. The van der Waals surface area contributed by atoms with Crippen LogP contribution in [0.15, 0.2) is 55.0 Å². The lowest BCUT2D eigenvalue weighted by Gasteiger charge is -2.34. The largest absolute Gasteiger partial charge is 0.369 e. The predicted octanol–water partition coefficient (Wildman–Crippen LogP) is 4.06. The average molecular weight is 529 g/mol. The molecule has 5 rings (SSSR count). The summed E-state index contributed by atoms with van der Waals surface area (Å²) < 4.78 is 0. The zero-order chi connectivity index (χ0) is 27.4. The molecule has 0 spiro atoms. The molecule has 9 nitrogen and oxygen atoms in total. The smallest absolute Gasteiger partial charge is 0.270 e. The Hall–Kier alpha value is -3.72. The van der Waals surface area contributed by atoms with Crippen molar-refractivity contribution in [2.24, 2.45) is 0 Å². The highest BCUT2D eigenvalue weighted by atomic mass is 16.1. The second kappa shape index (κ2) is 11.6. The number of pyridine rings is 3. The monoisotopic (exact) mass is 528 g/mol. The van der Waals surface area contributed by atoms with Crippen LogP contribution in [-0.4, -0.2) is 78.1 Å². The highest BCUT2D eigenvalue weighted by Crippen LogP contribution is 2.25. The van der Waals surface area contributed by atoms with Gasteiger partial charge in [0.05, 0.1) is 11.9 Å². The highest BCUT2D eigenvalue weighted by molar-refractivity contribution is 5.92. The molecule has 2 aliphatic heterocycles. The van der Waals surface area contributed by atoms with Crippen molar-refractivity contribution >= 4 is 28.9 Å². The number of piperidine rings is 1. The Morgan fingerprint density at radius 2 is 1.69 bits per heavy atom. The molecule has 2 saturated heterocycles. The molecule has 5 heterocycles. The number of carbonyl (C=O) groups is 1. The van der Waals surface area contributed by atoms with Crippen LogP contribution in [-0.2, 0) is 5.41 Å². The fraction of sp³-hybridized carbons (Fsp3) is 0.467. The first-order valence-electron chi connectivity index (χ1n) is 13.9. The van der Waals surface area contributed by atoms with Gasteiger partial charge in [-0.3, -0.25) is 9.78 Å². The standard InChI is InChI=1S/C30H40N8O/c1-30(2,3)22-7-9-26(32-19-22)29(39)34-23-6-5-13-38(21-23)24-11-12-31-28(18-24)35-27-10-8-25(20-33-27)37-16-14-36(4)15-17-37/h7-12,18-20,23H,5-6,13-17,21H2,1-4H3,(H,34,39)(H,31,33,35). The number of rotatable bonds is 6. The SMILES string of the molecule is CN1CCN(c2ccc(Nc3cc(N4CCCC(NC(=O)c5ccc(C(C)(C)C)cn5)C4)ccn3)nc2)CC1. The van der Waals surface area contributed by atoms with Crippen LogP contribution in [0.1, 0.15) is 49.7 Å². The summed E-state index contributed by atoms with van der Waals surface area (Å²) in [5.74, 6) is 1.40. The van der Waals surface area contributed by atoms with E-state index in [1.807, 2.05) is 48.9 Å². The van der Waals surface area contributed by atoms with Gasteiger partial charge in [0, 0.05) is 69.5 Å². The van der Waals surface area contributed by atoms with E-state index < -0.39 is 0 Å². The van der Waals surface area contributed by atoms with E-state index in [4.69, 9.17) is 0 Å². The minimum Gasteiger partial charge on any atom is -0.369 e. The molecule has 3 aromatic rings. The molecular weight excluding hydrogens is 488 g/mol. The number of piperazine rings is 1. The van der Waals surface area contributed by atoms with Crippen LogP contribution in [0.4, 0.5) is 23.0 Å². The van der Waals surface area contributed by atoms with Gasteiger partial charge < -0.3 is 25.3 Å². The summed E-state index contributed by atoms with van der Waals surface area (Å²) in [4.78, 5) is 33.5. The Morgan fingerprint density at radius 1 is 0.872 bits per heavy atom. The molecule has 0 aromatic carbocycles. The van der Waals surface area contributed by atoms with Crippen LogP contribution in [0.2, 0.25) is 0 Å². The Kier molecular flexibility index (Phi) is 7.97. The Balaban J connectivity index is 1.18. The molecule has 1 atom stereocenters. The van der Waals surface area contributed by atoms with Crippen LogP contribution in [0, 0.1) is 0 Å². The Bertz CT molecular complexity index is 1250. The number of nitrogens with one attached hydrogen (secondary N) is 2. The zero-order valence-electron chi connectivity index (χ0n) is 23.5. The van der Waals surface area contributed by atoms with Gasteiger partial charge in [0.15, 0.2) is 0 Å². The van der Waals surface area contributed by atoms with Crippen molar-refractivity contribution in [2.75, 3.05) is 61.4 Å². The van der Waals surface area contributed by atoms with E-state index in [0.717, 1.165) is 80.7 Å². The predicted molar refractivity (Wildman–Crippen MR) is 157 cm³/mol. The number of carbonyl (C=O) groups excluding carboxylic acids is 1. The molecule has 2 fully saturated rings. The van der Waals surface area contributed by atoms with Gasteiger partial charge in [-0.15, -0.1) is 0 Å². The van der Waals surface area contributed by atoms with Gasteiger partial charge in [-0.2, -0.15) is 0 Å². The third-order valence-electron chi connectivity index (χ3n) is 7.60. The Labute approximate surface area is 231 Å². The summed E-state index contributed by atoms with van der Waals surface area (Å²) in [5, 5.41) is 6.54. The topological polar surface area (TPSA) is 89.5 Å². The normalized spacial score (nSPS) is 18.6. The maximum atomic E-state index is 12.9. The summed E-state index contributed by atoms with van der Waals surface area (Å²) in [6.45, 7) is 12.3. The molecule has 0 bridgehead atoms. The van der Waals surface area contributed by atoms with Gasteiger partial charge in [-0.1, -0.05) is 26.8 Å². The lowest BCUT2D eigenvalue weighted by Crippen LogP contribution is -2.48. The van der Waals surface area contributed by atoms with Crippen LogP contribution in [0.25, 0.3) is 0 Å². The van der Waals surface area contributed by atoms with Crippen molar-refractivity contribution in [3.05, 3.63) is 66.2 Å². The van der Waals surface area contributed by atoms with Gasteiger partial charge in [0.2, 0.25) is 0 Å². The number of hydrogen-bond acceptors (Lipinski definition) is 8. The van der Waals surface area contributed by atoms with Crippen molar-refractivity contribution in [1.82, 2.24) is 25.2 Å². The first kappa shape index (κ1) is 26.9. The number of amides is 1.